The molecule has 2 amide bonds. The Morgan fingerprint density at radius 3 is 2.81 bits per heavy atom. The van der Waals surface area contributed by atoms with Crippen LogP contribution in [0.4, 0.5) is 5.13 Å². The predicted molar refractivity (Wildman–Crippen MR) is 138 cm³/mol. The molecule has 5 atom stereocenters. The van der Waals surface area contributed by atoms with Crippen molar-refractivity contribution >= 4 is 58.0 Å². The summed E-state index contributed by atoms with van der Waals surface area (Å²) in [5.41, 5.74) is 1.41. The Hall–Kier alpha value is -2.40. The largest absolute Gasteiger partial charge is 0.482 e. The minimum Gasteiger partial charge on any atom is -0.464 e. The number of nitrogens with one attached hydrogen (secondary N) is 2. The normalized spacial score (nSPS) is 28.9. The van der Waals surface area contributed by atoms with Crippen molar-refractivity contribution < 1.29 is 23.3 Å². The lowest BCUT2D eigenvalue weighted by molar-refractivity contribution is -0.199. The van der Waals surface area contributed by atoms with Gasteiger partial charge in [0.2, 0.25) is 0 Å². The molecule has 11 heteroatoms. The molecule has 3 heterocycles. The van der Waals surface area contributed by atoms with Gasteiger partial charge in [-0.05, 0) is 55.1 Å². The summed E-state index contributed by atoms with van der Waals surface area (Å²) < 4.78 is 19.2. The molecule has 3 aromatic rings. The lowest BCUT2D eigenvalue weighted by Crippen LogP contribution is -2.65. The van der Waals surface area contributed by atoms with Crippen LogP contribution in [0.25, 0.3) is 11.0 Å². The number of amides is 2. The van der Waals surface area contributed by atoms with Gasteiger partial charge in [-0.3, -0.25) is 14.9 Å². The summed E-state index contributed by atoms with van der Waals surface area (Å²) in [5, 5.41) is 6.57. The summed E-state index contributed by atoms with van der Waals surface area (Å²) in [5.74, 6) is -1.25. The number of nitrogens with zero attached hydrogens (tertiary/aromatic N) is 1. The summed E-state index contributed by atoms with van der Waals surface area (Å²) in [6.07, 6.45) is 5.48. The highest BCUT2D eigenvalue weighted by atomic mass is 35.5. The van der Waals surface area contributed by atoms with E-state index >= 15 is 0 Å². The molecule has 7 rings (SSSR count). The lowest BCUT2D eigenvalue weighted by Gasteiger charge is -2.64. The highest BCUT2D eigenvalue weighted by Gasteiger charge is 2.68. The molecule has 3 unspecified atom stereocenters. The number of carbonyl (C=O) groups is 2. The number of para-hydroxylation sites is 1. The van der Waals surface area contributed by atoms with Crippen LogP contribution in [0, 0.1) is 17.3 Å². The van der Waals surface area contributed by atoms with E-state index in [-0.39, 0.29) is 16.7 Å². The van der Waals surface area contributed by atoms with E-state index in [1.165, 1.54) is 6.20 Å². The average molecular weight is 528 g/mol. The molecule has 8 nitrogen and oxygen atoms in total. The highest BCUT2D eigenvalue weighted by Crippen LogP contribution is 2.65. The molecule has 1 aromatic carbocycles. The van der Waals surface area contributed by atoms with Gasteiger partial charge in [0, 0.05) is 5.39 Å². The summed E-state index contributed by atoms with van der Waals surface area (Å²) in [6, 6.07) is 7.72. The molecule has 2 bridgehead atoms. The summed E-state index contributed by atoms with van der Waals surface area (Å²) in [4.78, 5) is 29.6. The van der Waals surface area contributed by atoms with Crippen molar-refractivity contribution in [2.24, 2.45) is 17.3 Å². The molecule has 4 aliphatic rings. The Kier molecular flexibility index (Phi) is 5.71. The first-order chi connectivity index (χ1) is 17.1. The Labute approximate surface area is 218 Å². The molecular weight excluding hydrogens is 501 g/mol. The van der Waals surface area contributed by atoms with Crippen LogP contribution in [-0.4, -0.2) is 41.6 Å². The van der Waals surface area contributed by atoms with Gasteiger partial charge in [-0.15, -0.1) is 0 Å². The third-order valence-electron chi connectivity index (χ3n) is 8.52. The van der Waals surface area contributed by atoms with Crippen LogP contribution in [-0.2, 0) is 25.3 Å². The number of thiazole rings is 1. The lowest BCUT2D eigenvalue weighted by atomic mass is 9.43. The monoisotopic (exact) mass is 527 g/mol. The van der Waals surface area contributed by atoms with E-state index < -0.39 is 30.5 Å². The van der Waals surface area contributed by atoms with Crippen molar-refractivity contribution in [3.63, 3.8) is 0 Å². The third-order valence-corrected chi connectivity index (χ3v) is 9.55. The number of carbonyl (C=O) groups excluding carboxylic acids is 2. The van der Waals surface area contributed by atoms with Gasteiger partial charge in [0.15, 0.2) is 5.13 Å². The number of benzene rings is 1. The SMILES string of the molecule is CC1(C)C2CC1[C@]1(C)OB(C(Cc3coc4ccccc34)NC(=O)C(=O)Nc3ncc(Cl)s3)O[C@@H]1C2. The average Bonchev–Trinajstić information content (AvgIpc) is 3.54. The van der Waals surface area contributed by atoms with Crippen molar-refractivity contribution in [2.75, 3.05) is 5.32 Å². The zero-order chi connectivity index (χ0) is 25.2. The molecule has 1 aliphatic heterocycles. The Balaban J connectivity index is 1.25. The maximum Gasteiger partial charge on any atom is 0.482 e. The number of aromatic nitrogens is 1. The molecule has 4 fully saturated rings. The minimum absolute atomic E-state index is 0.0499. The molecular formula is C25H27BClN3O5S. The summed E-state index contributed by atoms with van der Waals surface area (Å²) in [7, 11) is -0.699. The number of halogens is 1. The Morgan fingerprint density at radius 2 is 2.06 bits per heavy atom. The van der Waals surface area contributed by atoms with Crippen LogP contribution in [0.3, 0.4) is 0 Å². The molecule has 1 saturated heterocycles. The fraction of sp³-hybridized carbons (Fsp3) is 0.480. The fourth-order valence-corrected chi connectivity index (χ4v) is 7.22. The van der Waals surface area contributed by atoms with Gasteiger partial charge < -0.3 is 19.0 Å². The number of hydrogen-bond donors (Lipinski definition) is 2. The molecule has 3 saturated carbocycles. The Morgan fingerprint density at radius 1 is 1.25 bits per heavy atom. The zero-order valence-electron chi connectivity index (χ0n) is 20.2. The second-order valence-electron chi connectivity index (χ2n) is 10.8. The van der Waals surface area contributed by atoms with Crippen molar-refractivity contribution in [1.82, 2.24) is 10.3 Å². The van der Waals surface area contributed by atoms with Crippen LogP contribution in [0.15, 0.2) is 41.1 Å². The first kappa shape index (κ1) is 24.0. The predicted octanol–water partition coefficient (Wildman–Crippen LogP) is 4.48. The van der Waals surface area contributed by atoms with Crippen LogP contribution in [0.1, 0.15) is 39.2 Å². The minimum atomic E-state index is -0.826. The molecule has 0 radical (unpaired) electrons. The summed E-state index contributed by atoms with van der Waals surface area (Å²) in [6.45, 7) is 6.73. The van der Waals surface area contributed by atoms with Crippen molar-refractivity contribution in [2.45, 2.75) is 57.7 Å². The standard InChI is InChI=1S/C25H27BClN3O5S/c1-24(2)14-9-17(24)25(3)18(10-14)34-26(35-25)19(8-13-12-33-16-7-5-4-6-15(13)16)29-21(31)22(32)30-23-28-11-20(27)36-23/h4-7,11-12,14,17-19H,8-10H2,1-3H3,(H,29,31)(H,28,30,32)/t14?,17?,18-,19?,25+/m1/s1. The van der Waals surface area contributed by atoms with E-state index in [0.29, 0.717) is 22.6 Å². The van der Waals surface area contributed by atoms with Gasteiger partial charge in [-0.2, -0.15) is 0 Å². The van der Waals surface area contributed by atoms with Gasteiger partial charge in [0.05, 0.1) is 30.1 Å². The van der Waals surface area contributed by atoms with Crippen LogP contribution in [0.5, 0.6) is 0 Å². The van der Waals surface area contributed by atoms with E-state index in [4.69, 9.17) is 25.3 Å². The quantitative estimate of drug-likeness (QED) is 0.375. The fourth-order valence-electron chi connectivity index (χ4n) is 6.41. The highest BCUT2D eigenvalue weighted by molar-refractivity contribution is 7.19. The van der Waals surface area contributed by atoms with Crippen LogP contribution >= 0.6 is 22.9 Å². The molecule has 188 valence electrons. The topological polar surface area (TPSA) is 103 Å². The van der Waals surface area contributed by atoms with Crippen LogP contribution < -0.4 is 10.6 Å². The van der Waals surface area contributed by atoms with Gasteiger partial charge in [0.1, 0.15) is 9.92 Å². The third kappa shape index (κ3) is 3.86. The number of rotatable bonds is 5. The van der Waals surface area contributed by atoms with Gasteiger partial charge in [-0.25, -0.2) is 4.98 Å². The number of furan rings is 1. The van der Waals surface area contributed by atoms with Gasteiger partial charge in [-0.1, -0.05) is 55.0 Å². The van der Waals surface area contributed by atoms with E-state index in [2.05, 4.69) is 36.4 Å². The first-order valence-corrected chi connectivity index (χ1v) is 13.4. The number of fused-ring (bicyclic) bond motifs is 1. The van der Waals surface area contributed by atoms with Crippen molar-refractivity contribution in [1.29, 1.82) is 0 Å². The van der Waals surface area contributed by atoms with E-state index in [1.807, 2.05) is 24.3 Å². The van der Waals surface area contributed by atoms with Crippen molar-refractivity contribution in [3.8, 4) is 0 Å². The van der Waals surface area contributed by atoms with Gasteiger partial charge in [0.25, 0.3) is 0 Å². The maximum atomic E-state index is 13.0. The zero-order valence-corrected chi connectivity index (χ0v) is 21.8. The van der Waals surface area contributed by atoms with E-state index in [9.17, 15) is 9.59 Å². The summed E-state index contributed by atoms with van der Waals surface area (Å²) >= 11 is 6.97. The molecule has 2 aromatic heterocycles. The second kappa shape index (κ2) is 8.58. The second-order valence-corrected chi connectivity index (χ2v) is 12.5. The first-order valence-electron chi connectivity index (χ1n) is 12.2. The smallest absolute Gasteiger partial charge is 0.464 e. The molecule has 0 spiro atoms. The molecule has 36 heavy (non-hydrogen) atoms. The van der Waals surface area contributed by atoms with Crippen molar-refractivity contribution in [3.05, 3.63) is 46.6 Å². The maximum absolute atomic E-state index is 13.0. The number of anilines is 1. The number of hydrogen-bond acceptors (Lipinski definition) is 7. The van der Waals surface area contributed by atoms with E-state index in [0.717, 1.165) is 40.7 Å². The van der Waals surface area contributed by atoms with Gasteiger partial charge >= 0.3 is 18.9 Å². The molecule has 3 aliphatic carbocycles. The Bertz CT molecular complexity index is 1340. The van der Waals surface area contributed by atoms with Crippen LogP contribution in [0.2, 0.25) is 4.34 Å². The van der Waals surface area contributed by atoms with E-state index in [1.54, 1.807) is 6.26 Å². The molecule has 2 N–H and O–H groups in total.